The first-order valence-corrected chi connectivity index (χ1v) is 5.58. The molecular weight excluding hydrogens is 238 g/mol. The van der Waals surface area contributed by atoms with Crippen molar-refractivity contribution in [1.82, 2.24) is 10.3 Å². The van der Waals surface area contributed by atoms with Gasteiger partial charge < -0.3 is 15.4 Å². The normalized spacial score (nSPS) is 10.0. The monoisotopic (exact) mass is 249 g/mol. The highest BCUT2D eigenvalue weighted by atomic mass is 35.5. The van der Waals surface area contributed by atoms with Crippen molar-refractivity contribution in [3.63, 3.8) is 0 Å². The van der Waals surface area contributed by atoms with E-state index in [0.717, 1.165) is 0 Å². The molecular formula is C8H12ClN3O2S. The summed E-state index contributed by atoms with van der Waals surface area (Å²) in [5.74, 6) is -0.0987. The minimum Gasteiger partial charge on any atom is -0.383 e. The Hall–Kier alpha value is -0.850. The van der Waals surface area contributed by atoms with Gasteiger partial charge in [-0.2, -0.15) is 0 Å². The molecule has 1 aromatic heterocycles. The Balaban J connectivity index is 2.16. The maximum absolute atomic E-state index is 11.2. The Morgan fingerprint density at radius 3 is 3.13 bits per heavy atom. The third-order valence-electron chi connectivity index (χ3n) is 1.50. The SMILES string of the molecule is COCCNC(=O)CNc1nc(Cl)cs1. The smallest absolute Gasteiger partial charge is 0.239 e. The van der Waals surface area contributed by atoms with E-state index in [1.54, 1.807) is 12.5 Å². The van der Waals surface area contributed by atoms with E-state index in [2.05, 4.69) is 15.6 Å². The van der Waals surface area contributed by atoms with Gasteiger partial charge in [0.05, 0.1) is 13.2 Å². The first kappa shape index (κ1) is 12.2. The van der Waals surface area contributed by atoms with Crippen molar-refractivity contribution >= 4 is 34.0 Å². The lowest BCUT2D eigenvalue weighted by molar-refractivity contribution is -0.119. The van der Waals surface area contributed by atoms with Gasteiger partial charge in [-0.15, -0.1) is 11.3 Å². The predicted octanol–water partition coefficient (Wildman–Crippen LogP) is 0.971. The molecule has 0 unspecified atom stereocenters. The Labute approximate surface area is 96.8 Å². The summed E-state index contributed by atoms with van der Waals surface area (Å²) in [6.45, 7) is 1.21. The molecule has 0 fully saturated rings. The van der Waals surface area contributed by atoms with Crippen molar-refractivity contribution in [3.05, 3.63) is 10.5 Å². The second-order valence-corrected chi connectivity index (χ2v) is 3.92. The topological polar surface area (TPSA) is 63.2 Å². The van der Waals surface area contributed by atoms with Crippen molar-refractivity contribution in [2.45, 2.75) is 0 Å². The molecule has 7 heteroatoms. The van der Waals surface area contributed by atoms with Gasteiger partial charge in [0.15, 0.2) is 5.13 Å². The van der Waals surface area contributed by atoms with Crippen LogP contribution in [0.1, 0.15) is 0 Å². The largest absolute Gasteiger partial charge is 0.383 e. The number of amides is 1. The molecule has 1 aromatic rings. The molecule has 0 aromatic carbocycles. The summed E-state index contributed by atoms with van der Waals surface area (Å²) in [5, 5.41) is 8.31. The fourth-order valence-electron chi connectivity index (χ4n) is 0.846. The number of aromatic nitrogens is 1. The lowest BCUT2D eigenvalue weighted by atomic mass is 10.5. The lowest BCUT2D eigenvalue weighted by Crippen LogP contribution is -2.32. The summed E-state index contributed by atoms with van der Waals surface area (Å²) in [4.78, 5) is 15.2. The summed E-state index contributed by atoms with van der Waals surface area (Å²) in [6.07, 6.45) is 0. The van der Waals surface area contributed by atoms with Gasteiger partial charge in [-0.05, 0) is 0 Å². The van der Waals surface area contributed by atoms with Crippen LogP contribution in [-0.4, -0.2) is 37.7 Å². The summed E-state index contributed by atoms with van der Waals surface area (Å²) in [7, 11) is 1.59. The van der Waals surface area contributed by atoms with Gasteiger partial charge in [0.2, 0.25) is 5.91 Å². The number of methoxy groups -OCH3 is 1. The van der Waals surface area contributed by atoms with Crippen LogP contribution >= 0.6 is 22.9 Å². The van der Waals surface area contributed by atoms with Gasteiger partial charge in [0.1, 0.15) is 5.15 Å². The number of carbonyl (C=O) groups excluding carboxylic acids is 1. The van der Waals surface area contributed by atoms with Crippen LogP contribution in [0.5, 0.6) is 0 Å². The van der Waals surface area contributed by atoms with E-state index in [9.17, 15) is 4.79 Å². The molecule has 1 amide bonds. The van der Waals surface area contributed by atoms with Crippen LogP contribution in [0.4, 0.5) is 5.13 Å². The van der Waals surface area contributed by atoms with Crippen LogP contribution in [0, 0.1) is 0 Å². The molecule has 0 atom stereocenters. The molecule has 2 N–H and O–H groups in total. The molecule has 0 aliphatic heterocycles. The van der Waals surface area contributed by atoms with Gasteiger partial charge in [-0.1, -0.05) is 11.6 Å². The highest BCUT2D eigenvalue weighted by Gasteiger charge is 2.02. The van der Waals surface area contributed by atoms with E-state index in [1.807, 2.05) is 0 Å². The summed E-state index contributed by atoms with van der Waals surface area (Å²) < 4.78 is 4.80. The van der Waals surface area contributed by atoms with Crippen LogP contribution in [0.2, 0.25) is 5.15 Å². The second-order valence-electron chi connectivity index (χ2n) is 2.67. The second kappa shape index (κ2) is 6.60. The maximum Gasteiger partial charge on any atom is 0.239 e. The third-order valence-corrected chi connectivity index (χ3v) is 2.63. The minimum absolute atomic E-state index is 0.0987. The molecule has 0 aliphatic carbocycles. The van der Waals surface area contributed by atoms with Gasteiger partial charge >= 0.3 is 0 Å². The number of carbonyl (C=O) groups is 1. The molecule has 5 nitrogen and oxygen atoms in total. The van der Waals surface area contributed by atoms with E-state index in [4.69, 9.17) is 16.3 Å². The zero-order valence-corrected chi connectivity index (χ0v) is 9.82. The zero-order valence-electron chi connectivity index (χ0n) is 8.25. The summed E-state index contributed by atoms with van der Waals surface area (Å²) in [6, 6.07) is 0. The van der Waals surface area contributed by atoms with Crippen molar-refractivity contribution in [2.75, 3.05) is 32.1 Å². The fourth-order valence-corrected chi connectivity index (χ4v) is 1.68. The van der Waals surface area contributed by atoms with Gasteiger partial charge in [0, 0.05) is 19.0 Å². The molecule has 84 valence electrons. The van der Waals surface area contributed by atoms with E-state index < -0.39 is 0 Å². The summed E-state index contributed by atoms with van der Waals surface area (Å²) >= 11 is 6.98. The average molecular weight is 250 g/mol. The maximum atomic E-state index is 11.2. The zero-order chi connectivity index (χ0) is 11.1. The molecule has 0 saturated carbocycles. The number of hydrogen-bond acceptors (Lipinski definition) is 5. The van der Waals surface area contributed by atoms with Crippen LogP contribution in [-0.2, 0) is 9.53 Å². The molecule has 0 saturated heterocycles. The average Bonchev–Trinajstić information content (AvgIpc) is 2.62. The van der Waals surface area contributed by atoms with Crippen molar-refractivity contribution in [3.8, 4) is 0 Å². The number of nitrogens with zero attached hydrogens (tertiary/aromatic N) is 1. The Morgan fingerprint density at radius 1 is 1.73 bits per heavy atom. The fraction of sp³-hybridized carbons (Fsp3) is 0.500. The number of ether oxygens (including phenoxy) is 1. The van der Waals surface area contributed by atoms with Crippen molar-refractivity contribution in [2.24, 2.45) is 0 Å². The molecule has 0 aliphatic rings. The van der Waals surface area contributed by atoms with Crippen LogP contribution in [0.15, 0.2) is 5.38 Å². The molecule has 1 heterocycles. The Kier molecular flexibility index (Phi) is 5.38. The van der Waals surface area contributed by atoms with E-state index in [1.165, 1.54) is 11.3 Å². The Morgan fingerprint density at radius 2 is 2.53 bits per heavy atom. The number of rotatable bonds is 6. The molecule has 1 rings (SSSR count). The van der Waals surface area contributed by atoms with Gasteiger partial charge in [-0.3, -0.25) is 4.79 Å². The molecule has 15 heavy (non-hydrogen) atoms. The number of hydrogen-bond donors (Lipinski definition) is 2. The predicted molar refractivity (Wildman–Crippen MR) is 60.5 cm³/mol. The number of nitrogens with one attached hydrogen (secondary N) is 2. The number of thiazole rings is 1. The third kappa shape index (κ3) is 4.96. The van der Waals surface area contributed by atoms with Gasteiger partial charge in [0.25, 0.3) is 0 Å². The lowest BCUT2D eigenvalue weighted by Gasteiger charge is -2.04. The van der Waals surface area contributed by atoms with Crippen LogP contribution < -0.4 is 10.6 Å². The van der Waals surface area contributed by atoms with E-state index in [0.29, 0.717) is 23.4 Å². The van der Waals surface area contributed by atoms with Crippen LogP contribution in [0.3, 0.4) is 0 Å². The summed E-state index contributed by atoms with van der Waals surface area (Å²) in [5.41, 5.74) is 0. The molecule has 0 spiro atoms. The standard InChI is InChI=1S/C8H12ClN3O2S/c1-14-3-2-10-7(13)4-11-8-12-6(9)5-15-8/h5H,2-4H2,1H3,(H,10,13)(H,11,12). The van der Waals surface area contributed by atoms with E-state index >= 15 is 0 Å². The first-order chi connectivity index (χ1) is 7.22. The van der Waals surface area contributed by atoms with E-state index in [-0.39, 0.29) is 12.5 Å². The Bertz CT molecular complexity index is 319. The van der Waals surface area contributed by atoms with Crippen molar-refractivity contribution < 1.29 is 9.53 Å². The molecule has 0 radical (unpaired) electrons. The highest BCUT2D eigenvalue weighted by Crippen LogP contribution is 2.18. The minimum atomic E-state index is -0.0987. The first-order valence-electron chi connectivity index (χ1n) is 4.33. The molecule has 0 bridgehead atoms. The van der Waals surface area contributed by atoms with Crippen molar-refractivity contribution in [1.29, 1.82) is 0 Å². The quantitative estimate of drug-likeness (QED) is 0.738. The highest BCUT2D eigenvalue weighted by molar-refractivity contribution is 7.14. The van der Waals surface area contributed by atoms with Gasteiger partial charge in [-0.25, -0.2) is 4.98 Å². The van der Waals surface area contributed by atoms with Crippen LogP contribution in [0.25, 0.3) is 0 Å². The number of anilines is 1. The number of halogens is 1.